The van der Waals surface area contributed by atoms with Gasteiger partial charge in [0.15, 0.2) is 0 Å². The number of esters is 2. The molecule has 142 valence electrons. The molecule has 5 heteroatoms. The second-order valence-electron chi connectivity index (χ2n) is 6.53. The first-order valence-corrected chi connectivity index (χ1v) is 9.58. The molecule has 0 N–H and O–H groups in total. The van der Waals surface area contributed by atoms with Crippen molar-refractivity contribution in [3.63, 3.8) is 0 Å². The summed E-state index contributed by atoms with van der Waals surface area (Å²) < 4.78 is 10.5. The Labute approximate surface area is 177 Å². The van der Waals surface area contributed by atoms with Gasteiger partial charge in [-0.25, -0.2) is 9.59 Å². The van der Waals surface area contributed by atoms with Crippen molar-refractivity contribution in [1.82, 2.24) is 0 Å². The average molecular weight is 365 g/mol. The van der Waals surface area contributed by atoms with E-state index in [0.29, 0.717) is 0 Å². The molecule has 0 aliphatic rings. The van der Waals surface area contributed by atoms with Gasteiger partial charge in [-0.15, -0.1) is 0 Å². The SMILES string of the molecule is CCCCCCC(C)OC(=O)/C=C\C(=O)OC(C)CCCCCC.[H-].[Na+]. The Morgan fingerprint density at radius 1 is 0.760 bits per heavy atom. The summed E-state index contributed by atoms with van der Waals surface area (Å²) >= 11 is 0. The molecular formula is C20H37NaO4. The summed E-state index contributed by atoms with van der Waals surface area (Å²) in [7, 11) is 0. The number of ether oxygens (including phenoxy) is 2. The predicted molar refractivity (Wildman–Crippen MR) is 98.9 cm³/mol. The zero-order valence-electron chi connectivity index (χ0n) is 18.0. The van der Waals surface area contributed by atoms with Crippen molar-refractivity contribution in [3.8, 4) is 0 Å². The summed E-state index contributed by atoms with van der Waals surface area (Å²) in [4.78, 5) is 23.3. The number of hydrogen-bond donors (Lipinski definition) is 0. The second kappa shape index (κ2) is 18.5. The van der Waals surface area contributed by atoms with Crippen LogP contribution < -0.4 is 29.6 Å². The van der Waals surface area contributed by atoms with Crippen LogP contribution in [0.3, 0.4) is 0 Å². The predicted octanol–water partition coefficient (Wildman–Crippen LogP) is 2.46. The summed E-state index contributed by atoms with van der Waals surface area (Å²) in [5.41, 5.74) is 0. The molecule has 0 aromatic heterocycles. The van der Waals surface area contributed by atoms with Crippen LogP contribution in [-0.2, 0) is 19.1 Å². The Bertz CT molecular complexity index is 341. The van der Waals surface area contributed by atoms with Gasteiger partial charge in [0.1, 0.15) is 0 Å². The van der Waals surface area contributed by atoms with Crippen molar-refractivity contribution in [2.75, 3.05) is 0 Å². The van der Waals surface area contributed by atoms with E-state index in [9.17, 15) is 9.59 Å². The molecule has 0 aromatic rings. The van der Waals surface area contributed by atoms with Crippen LogP contribution in [0.5, 0.6) is 0 Å². The van der Waals surface area contributed by atoms with Gasteiger partial charge in [0, 0.05) is 12.2 Å². The first kappa shape index (κ1) is 26.9. The minimum atomic E-state index is -0.481. The fraction of sp³-hybridized carbons (Fsp3) is 0.800. The second-order valence-corrected chi connectivity index (χ2v) is 6.53. The number of carbonyl (C=O) groups is 2. The molecule has 0 amide bonds. The molecule has 0 spiro atoms. The molecule has 0 aromatic carbocycles. The Balaban J connectivity index is -0.00000264. The number of carbonyl (C=O) groups excluding carboxylic acids is 2. The maximum atomic E-state index is 11.7. The molecule has 0 aliphatic heterocycles. The van der Waals surface area contributed by atoms with Gasteiger partial charge >= 0.3 is 41.5 Å². The van der Waals surface area contributed by atoms with Gasteiger partial charge in [0.25, 0.3) is 0 Å². The zero-order chi connectivity index (χ0) is 18.2. The van der Waals surface area contributed by atoms with Crippen LogP contribution in [0.15, 0.2) is 12.2 Å². The molecule has 0 saturated carbocycles. The van der Waals surface area contributed by atoms with Crippen molar-refractivity contribution < 1.29 is 50.0 Å². The Morgan fingerprint density at radius 3 is 1.44 bits per heavy atom. The molecule has 0 fully saturated rings. The zero-order valence-corrected chi connectivity index (χ0v) is 19.0. The Hall–Kier alpha value is -0.320. The van der Waals surface area contributed by atoms with Crippen molar-refractivity contribution in [2.24, 2.45) is 0 Å². The van der Waals surface area contributed by atoms with E-state index in [2.05, 4.69) is 13.8 Å². The largest absolute Gasteiger partial charge is 1.00 e. The molecule has 0 radical (unpaired) electrons. The van der Waals surface area contributed by atoms with Crippen LogP contribution in [-0.4, -0.2) is 24.1 Å². The number of rotatable bonds is 14. The minimum absolute atomic E-state index is 0. The molecule has 0 saturated heterocycles. The van der Waals surface area contributed by atoms with E-state index in [1.54, 1.807) is 0 Å². The molecular weight excluding hydrogens is 327 g/mol. The Kier molecular flexibility index (Phi) is 19.9. The third-order valence-corrected chi connectivity index (χ3v) is 3.92. The normalized spacial score (nSPS) is 13.1. The summed E-state index contributed by atoms with van der Waals surface area (Å²) in [6.45, 7) is 8.10. The standard InChI is InChI=1S/C20H36O4.Na.H/c1-5-7-9-11-13-17(3)23-19(21)15-16-20(22)24-18(4)14-12-10-8-6-2;;/h15-18H,5-14H2,1-4H3;;/q;+1;-1/b16-15-;;. The fourth-order valence-electron chi connectivity index (χ4n) is 2.45. The van der Waals surface area contributed by atoms with Gasteiger partial charge in [-0.05, 0) is 39.5 Å². The van der Waals surface area contributed by atoms with Gasteiger partial charge in [-0.2, -0.15) is 0 Å². The molecule has 4 nitrogen and oxygen atoms in total. The third kappa shape index (κ3) is 18.3. The molecule has 0 aliphatic carbocycles. The number of unbranched alkanes of at least 4 members (excludes halogenated alkanes) is 6. The van der Waals surface area contributed by atoms with Gasteiger partial charge in [-0.1, -0.05) is 52.4 Å². The summed E-state index contributed by atoms with van der Waals surface area (Å²) in [5.74, 6) is -0.962. The van der Waals surface area contributed by atoms with Crippen molar-refractivity contribution >= 4 is 11.9 Å². The van der Waals surface area contributed by atoms with Gasteiger partial charge in [-0.3, -0.25) is 0 Å². The molecule has 2 atom stereocenters. The van der Waals surface area contributed by atoms with Gasteiger partial charge in [0.05, 0.1) is 12.2 Å². The summed E-state index contributed by atoms with van der Waals surface area (Å²) in [6, 6.07) is 0. The topological polar surface area (TPSA) is 52.6 Å². The van der Waals surface area contributed by atoms with E-state index in [1.807, 2.05) is 13.8 Å². The molecule has 0 heterocycles. The maximum absolute atomic E-state index is 11.7. The summed E-state index contributed by atoms with van der Waals surface area (Å²) in [5, 5.41) is 0. The van der Waals surface area contributed by atoms with Crippen LogP contribution in [0.1, 0.15) is 93.3 Å². The van der Waals surface area contributed by atoms with Gasteiger partial charge < -0.3 is 10.9 Å². The molecule has 0 rings (SSSR count). The summed E-state index contributed by atoms with van der Waals surface area (Å²) in [6.07, 6.45) is 13.1. The molecule has 0 bridgehead atoms. The Morgan fingerprint density at radius 2 is 1.12 bits per heavy atom. The average Bonchev–Trinajstić information content (AvgIpc) is 2.54. The van der Waals surface area contributed by atoms with E-state index in [4.69, 9.17) is 9.47 Å². The van der Waals surface area contributed by atoms with Gasteiger partial charge in [0.2, 0.25) is 0 Å². The van der Waals surface area contributed by atoms with E-state index >= 15 is 0 Å². The quantitative estimate of drug-likeness (QED) is 0.206. The van der Waals surface area contributed by atoms with Crippen LogP contribution in [0.25, 0.3) is 0 Å². The van der Waals surface area contributed by atoms with Crippen molar-refractivity contribution in [1.29, 1.82) is 0 Å². The molecule has 25 heavy (non-hydrogen) atoms. The van der Waals surface area contributed by atoms with E-state index in [1.165, 1.54) is 25.7 Å². The van der Waals surface area contributed by atoms with Crippen molar-refractivity contribution in [2.45, 2.75) is 104 Å². The van der Waals surface area contributed by atoms with E-state index in [-0.39, 0.29) is 43.2 Å². The minimum Gasteiger partial charge on any atom is -1.00 e. The first-order valence-electron chi connectivity index (χ1n) is 9.58. The monoisotopic (exact) mass is 364 g/mol. The van der Waals surface area contributed by atoms with E-state index < -0.39 is 11.9 Å². The first-order chi connectivity index (χ1) is 11.5. The van der Waals surface area contributed by atoms with Crippen LogP contribution in [0.2, 0.25) is 0 Å². The van der Waals surface area contributed by atoms with Crippen LogP contribution in [0, 0.1) is 0 Å². The fourth-order valence-corrected chi connectivity index (χ4v) is 2.45. The van der Waals surface area contributed by atoms with Crippen molar-refractivity contribution in [3.05, 3.63) is 12.2 Å². The maximum Gasteiger partial charge on any atom is 1.00 e. The molecule has 2 unspecified atom stereocenters. The van der Waals surface area contributed by atoms with Crippen LogP contribution in [0.4, 0.5) is 0 Å². The smallest absolute Gasteiger partial charge is 1.00 e. The van der Waals surface area contributed by atoms with Crippen LogP contribution >= 0.6 is 0 Å². The third-order valence-electron chi connectivity index (χ3n) is 3.92. The van der Waals surface area contributed by atoms with E-state index in [0.717, 1.165) is 50.7 Å². The number of hydrogen-bond acceptors (Lipinski definition) is 4.